The molecule has 0 spiro atoms. The van der Waals surface area contributed by atoms with Gasteiger partial charge in [0.1, 0.15) is 11.6 Å². The smallest absolute Gasteiger partial charge is 0.191 e. The van der Waals surface area contributed by atoms with Gasteiger partial charge in [-0.3, -0.25) is 0 Å². The first kappa shape index (κ1) is 19.7. The lowest BCUT2D eigenvalue weighted by atomic mass is 10.1. The van der Waals surface area contributed by atoms with Crippen LogP contribution in [0.25, 0.3) is 0 Å². The summed E-state index contributed by atoms with van der Waals surface area (Å²) in [6.45, 7) is 5.21. The van der Waals surface area contributed by atoms with Gasteiger partial charge < -0.3 is 20.5 Å². The highest BCUT2D eigenvalue weighted by atomic mass is 19.1. The number of aliphatic hydroxyl groups excluding tert-OH is 1. The average Bonchev–Trinajstić information content (AvgIpc) is 2.64. The topological polar surface area (TPSA) is 65.9 Å². The Bertz CT molecular complexity index is 750. The Kier molecular flexibility index (Phi) is 7.41. The fraction of sp³-hybridized carbons (Fsp3) is 0.350. The summed E-state index contributed by atoms with van der Waals surface area (Å²) in [4.78, 5) is 4.52. The third kappa shape index (κ3) is 5.46. The number of hydrogen-bond donors (Lipinski definition) is 3. The first-order chi connectivity index (χ1) is 12.5. The molecule has 0 radical (unpaired) electrons. The molecule has 2 rings (SSSR count). The molecule has 140 valence electrons. The number of ether oxygens (including phenoxy) is 1. The number of nitrogens with one attached hydrogen (secondary N) is 2. The van der Waals surface area contributed by atoms with Gasteiger partial charge in [0.05, 0.1) is 19.8 Å². The number of guanidine groups is 1. The van der Waals surface area contributed by atoms with Gasteiger partial charge >= 0.3 is 0 Å². The monoisotopic (exact) mass is 359 g/mol. The standard InChI is InChI=1S/C20H26FN3O2/c1-4-22-20(23-12-15-10-9-14(2)11-19(15)26-3)24-13-18(25)16-7-5-6-8-17(16)21/h5-11,18,25H,4,12-13H2,1-3H3,(H2,22,23,24). The van der Waals surface area contributed by atoms with Crippen LogP contribution in [0, 0.1) is 12.7 Å². The van der Waals surface area contributed by atoms with Crippen molar-refractivity contribution in [3.63, 3.8) is 0 Å². The summed E-state index contributed by atoms with van der Waals surface area (Å²) < 4.78 is 19.1. The van der Waals surface area contributed by atoms with E-state index in [-0.39, 0.29) is 12.1 Å². The van der Waals surface area contributed by atoms with Crippen molar-refractivity contribution in [3.05, 3.63) is 65.0 Å². The van der Waals surface area contributed by atoms with Gasteiger partial charge in [0.2, 0.25) is 0 Å². The number of benzene rings is 2. The number of nitrogens with zero attached hydrogens (tertiary/aromatic N) is 1. The van der Waals surface area contributed by atoms with E-state index in [4.69, 9.17) is 4.74 Å². The molecule has 0 saturated heterocycles. The summed E-state index contributed by atoms with van der Waals surface area (Å²) in [6, 6.07) is 12.2. The van der Waals surface area contributed by atoms with E-state index in [9.17, 15) is 9.50 Å². The number of rotatable bonds is 7. The highest BCUT2D eigenvalue weighted by Crippen LogP contribution is 2.20. The van der Waals surface area contributed by atoms with Gasteiger partial charge in [-0.05, 0) is 31.5 Å². The van der Waals surface area contributed by atoms with Crippen LogP contribution in [0.15, 0.2) is 47.5 Å². The lowest BCUT2D eigenvalue weighted by molar-refractivity contribution is 0.176. The summed E-state index contributed by atoms with van der Waals surface area (Å²) in [5, 5.41) is 16.4. The van der Waals surface area contributed by atoms with Crippen molar-refractivity contribution < 1.29 is 14.2 Å². The summed E-state index contributed by atoms with van der Waals surface area (Å²) >= 11 is 0. The number of aliphatic hydroxyl groups is 1. The Morgan fingerprint density at radius 2 is 2.00 bits per heavy atom. The molecule has 0 heterocycles. The van der Waals surface area contributed by atoms with Crippen molar-refractivity contribution in [2.24, 2.45) is 4.99 Å². The quantitative estimate of drug-likeness (QED) is 0.525. The van der Waals surface area contributed by atoms with Crippen LogP contribution < -0.4 is 15.4 Å². The SMILES string of the molecule is CCNC(=NCc1ccc(C)cc1OC)NCC(O)c1ccccc1F. The van der Waals surface area contributed by atoms with Crippen molar-refractivity contribution in [1.29, 1.82) is 0 Å². The minimum absolute atomic E-state index is 0.151. The van der Waals surface area contributed by atoms with Gasteiger partial charge in [0.15, 0.2) is 5.96 Å². The molecule has 0 aromatic heterocycles. The maximum absolute atomic E-state index is 13.8. The van der Waals surface area contributed by atoms with Crippen molar-refractivity contribution in [3.8, 4) is 5.75 Å². The van der Waals surface area contributed by atoms with Crippen molar-refractivity contribution in [1.82, 2.24) is 10.6 Å². The molecular weight excluding hydrogens is 333 g/mol. The predicted molar refractivity (Wildman–Crippen MR) is 102 cm³/mol. The molecule has 3 N–H and O–H groups in total. The summed E-state index contributed by atoms with van der Waals surface area (Å²) in [7, 11) is 1.64. The second-order valence-corrected chi connectivity index (χ2v) is 5.93. The zero-order valence-corrected chi connectivity index (χ0v) is 15.4. The van der Waals surface area contributed by atoms with Crippen LogP contribution in [0.4, 0.5) is 4.39 Å². The first-order valence-corrected chi connectivity index (χ1v) is 8.63. The molecule has 0 aliphatic carbocycles. The van der Waals surface area contributed by atoms with Gasteiger partial charge in [-0.25, -0.2) is 9.38 Å². The molecule has 1 atom stereocenters. The number of methoxy groups -OCH3 is 1. The van der Waals surface area contributed by atoms with E-state index in [1.807, 2.05) is 32.0 Å². The molecule has 0 aliphatic rings. The molecule has 0 saturated carbocycles. The maximum Gasteiger partial charge on any atom is 0.191 e. The Labute approximate surface area is 153 Å². The second-order valence-electron chi connectivity index (χ2n) is 5.93. The Morgan fingerprint density at radius 1 is 1.23 bits per heavy atom. The molecule has 0 fully saturated rings. The molecule has 0 amide bonds. The van der Waals surface area contributed by atoms with Crippen LogP contribution in [-0.4, -0.2) is 31.3 Å². The zero-order chi connectivity index (χ0) is 18.9. The van der Waals surface area contributed by atoms with E-state index in [0.717, 1.165) is 16.9 Å². The van der Waals surface area contributed by atoms with Crippen LogP contribution in [0.1, 0.15) is 29.7 Å². The van der Waals surface area contributed by atoms with Crippen LogP contribution in [-0.2, 0) is 6.54 Å². The summed E-state index contributed by atoms with van der Waals surface area (Å²) in [5.74, 6) is 0.912. The fourth-order valence-corrected chi connectivity index (χ4v) is 2.54. The molecule has 1 unspecified atom stereocenters. The minimum atomic E-state index is -0.964. The normalized spacial score (nSPS) is 12.6. The predicted octanol–water partition coefficient (Wildman–Crippen LogP) is 2.93. The highest BCUT2D eigenvalue weighted by Gasteiger charge is 2.12. The largest absolute Gasteiger partial charge is 0.496 e. The van der Waals surface area contributed by atoms with E-state index in [2.05, 4.69) is 15.6 Å². The number of halogens is 1. The van der Waals surface area contributed by atoms with E-state index < -0.39 is 11.9 Å². The molecule has 26 heavy (non-hydrogen) atoms. The van der Waals surface area contributed by atoms with Gasteiger partial charge in [0, 0.05) is 24.2 Å². The number of aliphatic imine (C=N–C) groups is 1. The van der Waals surface area contributed by atoms with Crippen molar-refractivity contribution in [2.75, 3.05) is 20.2 Å². The highest BCUT2D eigenvalue weighted by molar-refractivity contribution is 5.79. The van der Waals surface area contributed by atoms with Gasteiger partial charge in [-0.2, -0.15) is 0 Å². The third-order valence-corrected chi connectivity index (χ3v) is 3.92. The maximum atomic E-state index is 13.8. The van der Waals surface area contributed by atoms with Gasteiger partial charge in [0.25, 0.3) is 0 Å². The Morgan fingerprint density at radius 3 is 2.69 bits per heavy atom. The lowest BCUT2D eigenvalue weighted by Crippen LogP contribution is -2.39. The Hall–Kier alpha value is -2.60. The third-order valence-electron chi connectivity index (χ3n) is 3.92. The van der Waals surface area contributed by atoms with Crippen LogP contribution in [0.3, 0.4) is 0 Å². The van der Waals surface area contributed by atoms with Crippen molar-refractivity contribution >= 4 is 5.96 Å². The molecule has 6 heteroatoms. The van der Waals surface area contributed by atoms with Crippen LogP contribution in [0.5, 0.6) is 5.75 Å². The summed E-state index contributed by atoms with van der Waals surface area (Å²) in [5.41, 5.74) is 2.34. The van der Waals surface area contributed by atoms with Gasteiger partial charge in [-0.15, -0.1) is 0 Å². The van der Waals surface area contributed by atoms with Gasteiger partial charge in [-0.1, -0.05) is 30.3 Å². The average molecular weight is 359 g/mol. The summed E-state index contributed by atoms with van der Waals surface area (Å²) in [6.07, 6.45) is -0.964. The Balaban J connectivity index is 2.04. The zero-order valence-electron chi connectivity index (χ0n) is 15.4. The van der Waals surface area contributed by atoms with E-state index in [0.29, 0.717) is 19.0 Å². The lowest BCUT2D eigenvalue weighted by Gasteiger charge is -2.16. The minimum Gasteiger partial charge on any atom is -0.496 e. The molecule has 0 aliphatic heterocycles. The van der Waals surface area contributed by atoms with E-state index >= 15 is 0 Å². The number of aryl methyl sites for hydroxylation is 1. The van der Waals surface area contributed by atoms with Crippen LogP contribution in [0.2, 0.25) is 0 Å². The van der Waals surface area contributed by atoms with Crippen LogP contribution >= 0.6 is 0 Å². The first-order valence-electron chi connectivity index (χ1n) is 8.63. The molecule has 5 nitrogen and oxygen atoms in total. The fourth-order valence-electron chi connectivity index (χ4n) is 2.54. The molecular formula is C20H26FN3O2. The van der Waals surface area contributed by atoms with E-state index in [1.165, 1.54) is 6.07 Å². The van der Waals surface area contributed by atoms with Crippen molar-refractivity contribution in [2.45, 2.75) is 26.5 Å². The number of hydrogen-bond acceptors (Lipinski definition) is 3. The second kappa shape index (κ2) is 9.77. The molecule has 2 aromatic carbocycles. The molecule has 0 bridgehead atoms. The molecule has 2 aromatic rings. The van der Waals surface area contributed by atoms with E-state index in [1.54, 1.807) is 25.3 Å².